The van der Waals surface area contributed by atoms with E-state index in [0.717, 1.165) is 19.5 Å². The first-order chi connectivity index (χ1) is 8.54. The maximum atomic E-state index is 11.9. The average Bonchev–Trinajstić information content (AvgIpc) is 2.35. The van der Waals surface area contributed by atoms with Gasteiger partial charge in [-0.05, 0) is 6.42 Å². The van der Waals surface area contributed by atoms with Crippen LogP contribution in [0.4, 0.5) is 0 Å². The Morgan fingerprint density at radius 3 is 2.79 bits per heavy atom. The SMILES string of the molecule is COC1CC(NC(=O)CC2CNCCO2)C1(C)C.Cl. The van der Waals surface area contributed by atoms with Gasteiger partial charge >= 0.3 is 0 Å². The van der Waals surface area contributed by atoms with E-state index in [2.05, 4.69) is 24.5 Å². The van der Waals surface area contributed by atoms with Gasteiger partial charge in [0.15, 0.2) is 0 Å². The maximum absolute atomic E-state index is 11.9. The molecule has 5 nitrogen and oxygen atoms in total. The number of halogens is 1. The van der Waals surface area contributed by atoms with Crippen LogP contribution >= 0.6 is 12.4 Å². The Labute approximate surface area is 121 Å². The van der Waals surface area contributed by atoms with Gasteiger partial charge in [-0.1, -0.05) is 13.8 Å². The topological polar surface area (TPSA) is 59.6 Å². The van der Waals surface area contributed by atoms with Crippen molar-refractivity contribution in [3.63, 3.8) is 0 Å². The van der Waals surface area contributed by atoms with Crippen LogP contribution in [0, 0.1) is 5.41 Å². The van der Waals surface area contributed by atoms with Crippen molar-refractivity contribution in [1.82, 2.24) is 10.6 Å². The summed E-state index contributed by atoms with van der Waals surface area (Å²) in [5.74, 6) is 0.0799. The van der Waals surface area contributed by atoms with Gasteiger partial charge in [-0.25, -0.2) is 0 Å². The van der Waals surface area contributed by atoms with Gasteiger partial charge in [0, 0.05) is 31.7 Å². The van der Waals surface area contributed by atoms with Crippen LogP contribution in [0.5, 0.6) is 0 Å². The average molecular weight is 293 g/mol. The Hall–Kier alpha value is -0.360. The van der Waals surface area contributed by atoms with E-state index >= 15 is 0 Å². The van der Waals surface area contributed by atoms with Crippen LogP contribution in [0.15, 0.2) is 0 Å². The molecule has 3 atom stereocenters. The second-order valence-electron chi connectivity index (χ2n) is 5.80. The summed E-state index contributed by atoms with van der Waals surface area (Å²) in [7, 11) is 1.73. The van der Waals surface area contributed by atoms with Gasteiger partial charge in [-0.2, -0.15) is 0 Å². The molecule has 1 saturated heterocycles. The summed E-state index contributed by atoms with van der Waals surface area (Å²) in [4.78, 5) is 11.9. The Morgan fingerprint density at radius 1 is 1.53 bits per heavy atom. The summed E-state index contributed by atoms with van der Waals surface area (Å²) in [5, 5.41) is 6.32. The third kappa shape index (κ3) is 3.81. The summed E-state index contributed by atoms with van der Waals surface area (Å²) in [6.45, 7) is 6.60. The third-order valence-electron chi connectivity index (χ3n) is 4.21. The van der Waals surface area contributed by atoms with Gasteiger partial charge in [0.05, 0.1) is 25.2 Å². The Bertz CT molecular complexity index is 306. The van der Waals surface area contributed by atoms with Gasteiger partial charge in [-0.15, -0.1) is 12.4 Å². The van der Waals surface area contributed by atoms with Crippen LogP contribution in [0.25, 0.3) is 0 Å². The summed E-state index contributed by atoms with van der Waals surface area (Å²) in [5.41, 5.74) is 0.0239. The monoisotopic (exact) mass is 292 g/mol. The number of hydrogen-bond acceptors (Lipinski definition) is 4. The number of ether oxygens (including phenoxy) is 2. The number of carbonyl (C=O) groups excluding carboxylic acids is 1. The molecule has 2 N–H and O–H groups in total. The molecule has 0 aromatic carbocycles. The van der Waals surface area contributed by atoms with Crippen molar-refractivity contribution in [3.8, 4) is 0 Å². The molecule has 1 heterocycles. The van der Waals surface area contributed by atoms with Crippen molar-refractivity contribution in [1.29, 1.82) is 0 Å². The molecule has 3 unspecified atom stereocenters. The number of amides is 1. The number of nitrogens with one attached hydrogen (secondary N) is 2. The largest absolute Gasteiger partial charge is 0.381 e. The van der Waals surface area contributed by atoms with Crippen LogP contribution < -0.4 is 10.6 Å². The zero-order chi connectivity index (χ0) is 13.2. The zero-order valence-corrected chi connectivity index (χ0v) is 12.7. The summed E-state index contributed by atoms with van der Waals surface area (Å²) < 4.78 is 10.9. The predicted molar refractivity (Wildman–Crippen MR) is 75.6 cm³/mol. The minimum Gasteiger partial charge on any atom is -0.381 e. The fourth-order valence-electron chi connectivity index (χ4n) is 2.74. The summed E-state index contributed by atoms with van der Waals surface area (Å²) in [6.07, 6.45) is 1.60. The predicted octanol–water partition coefficient (Wildman–Crippen LogP) is 0.716. The molecule has 0 aromatic heterocycles. The Kier molecular flexibility index (Phi) is 6.05. The van der Waals surface area contributed by atoms with Crippen molar-refractivity contribution in [3.05, 3.63) is 0 Å². The van der Waals surface area contributed by atoms with Crippen molar-refractivity contribution < 1.29 is 14.3 Å². The molecule has 1 aliphatic carbocycles. The van der Waals surface area contributed by atoms with E-state index in [0.29, 0.717) is 13.0 Å². The van der Waals surface area contributed by atoms with Crippen molar-refractivity contribution >= 4 is 18.3 Å². The Balaban J connectivity index is 0.00000180. The van der Waals surface area contributed by atoms with E-state index in [1.807, 2.05) is 0 Å². The molecule has 2 rings (SSSR count). The van der Waals surface area contributed by atoms with Gasteiger partial charge < -0.3 is 20.1 Å². The zero-order valence-electron chi connectivity index (χ0n) is 11.9. The molecule has 1 aliphatic heterocycles. The first kappa shape index (κ1) is 16.7. The molecule has 1 saturated carbocycles. The lowest BCUT2D eigenvalue weighted by Gasteiger charge is -2.51. The van der Waals surface area contributed by atoms with Gasteiger partial charge in [-0.3, -0.25) is 4.79 Å². The molecule has 112 valence electrons. The van der Waals surface area contributed by atoms with E-state index < -0.39 is 0 Å². The molecular weight excluding hydrogens is 268 g/mol. The van der Waals surface area contributed by atoms with Crippen LogP contribution in [-0.4, -0.2) is 51.0 Å². The van der Waals surface area contributed by atoms with E-state index in [9.17, 15) is 4.79 Å². The lowest BCUT2D eigenvalue weighted by Crippen LogP contribution is -2.62. The van der Waals surface area contributed by atoms with E-state index in [4.69, 9.17) is 9.47 Å². The fraction of sp³-hybridized carbons (Fsp3) is 0.923. The standard InChI is InChI=1S/C13H24N2O3.ClH/c1-13(2)10(7-11(13)17-3)15-12(16)6-9-8-14-4-5-18-9;/h9-11,14H,4-8H2,1-3H3,(H,15,16);1H. The maximum Gasteiger partial charge on any atom is 0.222 e. The summed E-state index contributed by atoms with van der Waals surface area (Å²) >= 11 is 0. The van der Waals surface area contributed by atoms with Gasteiger partial charge in [0.1, 0.15) is 0 Å². The first-order valence-corrected chi connectivity index (χ1v) is 6.68. The number of methoxy groups -OCH3 is 1. The van der Waals surface area contributed by atoms with E-state index in [-0.39, 0.29) is 42.0 Å². The highest BCUT2D eigenvalue weighted by Crippen LogP contribution is 2.42. The van der Waals surface area contributed by atoms with Crippen molar-refractivity contribution in [2.75, 3.05) is 26.8 Å². The lowest BCUT2D eigenvalue weighted by molar-refractivity contribution is -0.135. The molecule has 1 amide bonds. The minimum absolute atomic E-state index is 0. The number of carbonyl (C=O) groups is 1. The smallest absolute Gasteiger partial charge is 0.222 e. The molecule has 0 spiro atoms. The molecule has 0 aromatic rings. The van der Waals surface area contributed by atoms with Crippen LogP contribution in [0.1, 0.15) is 26.7 Å². The second-order valence-corrected chi connectivity index (χ2v) is 5.80. The molecule has 0 radical (unpaired) electrons. The molecule has 19 heavy (non-hydrogen) atoms. The number of rotatable bonds is 4. The normalized spacial score (nSPS) is 32.9. The van der Waals surface area contributed by atoms with Crippen molar-refractivity contribution in [2.24, 2.45) is 5.41 Å². The van der Waals surface area contributed by atoms with Crippen LogP contribution in [-0.2, 0) is 14.3 Å². The second kappa shape index (κ2) is 6.88. The molecule has 6 heteroatoms. The fourth-order valence-corrected chi connectivity index (χ4v) is 2.74. The van der Waals surface area contributed by atoms with E-state index in [1.54, 1.807) is 7.11 Å². The highest BCUT2D eigenvalue weighted by atomic mass is 35.5. The van der Waals surface area contributed by atoms with E-state index in [1.165, 1.54) is 0 Å². The highest BCUT2D eigenvalue weighted by molar-refractivity contribution is 5.85. The molecular formula is C13H25ClN2O3. The van der Waals surface area contributed by atoms with Gasteiger partial charge in [0.25, 0.3) is 0 Å². The highest BCUT2D eigenvalue weighted by Gasteiger charge is 2.49. The molecule has 0 bridgehead atoms. The van der Waals surface area contributed by atoms with Crippen molar-refractivity contribution in [2.45, 2.75) is 44.9 Å². The molecule has 2 aliphatic rings. The minimum atomic E-state index is 0. The van der Waals surface area contributed by atoms with Crippen LogP contribution in [0.3, 0.4) is 0 Å². The van der Waals surface area contributed by atoms with Crippen LogP contribution in [0.2, 0.25) is 0 Å². The number of hydrogen-bond donors (Lipinski definition) is 2. The Morgan fingerprint density at radius 2 is 2.26 bits per heavy atom. The lowest BCUT2D eigenvalue weighted by atomic mass is 9.64. The summed E-state index contributed by atoms with van der Waals surface area (Å²) in [6, 6.07) is 0.214. The molecule has 2 fully saturated rings. The third-order valence-corrected chi connectivity index (χ3v) is 4.21. The van der Waals surface area contributed by atoms with Gasteiger partial charge in [0.2, 0.25) is 5.91 Å². The number of morpholine rings is 1. The quantitative estimate of drug-likeness (QED) is 0.801. The first-order valence-electron chi connectivity index (χ1n) is 6.68.